The zero-order valence-corrected chi connectivity index (χ0v) is 18.0. The summed E-state index contributed by atoms with van der Waals surface area (Å²) in [7, 11) is 5.73. The molecular weight excluding hydrogens is 404 g/mol. The smallest absolute Gasteiger partial charge is 0.414 e. The quantitative estimate of drug-likeness (QED) is 0.685. The molecule has 3 rings (SSSR count). The van der Waals surface area contributed by atoms with Crippen molar-refractivity contribution in [2.75, 3.05) is 34.2 Å². The van der Waals surface area contributed by atoms with Gasteiger partial charge in [-0.3, -0.25) is 0 Å². The Morgan fingerprint density at radius 3 is 2.30 bits per heavy atom. The first-order valence-corrected chi connectivity index (χ1v) is 9.38. The number of piperidine rings is 1. The van der Waals surface area contributed by atoms with Gasteiger partial charge < -0.3 is 31.1 Å². The Labute approximate surface area is 173 Å². The Bertz CT molecular complexity index is 756. The lowest BCUT2D eigenvalue weighted by molar-refractivity contribution is -0.926. The van der Waals surface area contributed by atoms with Gasteiger partial charge in [-0.25, -0.2) is 4.79 Å². The second-order valence-electron chi connectivity index (χ2n) is 7.74. The fourth-order valence-electron chi connectivity index (χ4n) is 3.64. The fourth-order valence-corrected chi connectivity index (χ4v) is 3.64. The van der Waals surface area contributed by atoms with E-state index in [-0.39, 0.29) is 23.1 Å². The second kappa shape index (κ2) is 9.38. The molecule has 1 amide bonds. The molecule has 1 heterocycles. The number of hydrogen-bond donors (Lipinski definition) is 0. The first-order chi connectivity index (χ1) is 12.5. The van der Waals surface area contributed by atoms with E-state index in [0.717, 1.165) is 22.2 Å². The number of likely N-dealkylation sites (tertiary alicyclic amines) is 1. The van der Waals surface area contributed by atoms with Gasteiger partial charge >= 0.3 is 6.09 Å². The minimum Gasteiger partial charge on any atom is -1.00 e. The Hall–Kier alpha value is -1.85. The van der Waals surface area contributed by atoms with Crippen LogP contribution in [0.4, 0.5) is 4.79 Å². The van der Waals surface area contributed by atoms with E-state index < -0.39 is 0 Å². The number of nitrogens with zero attached hydrogens (tertiary/aromatic N) is 2. The molecule has 0 aromatic heterocycles. The molecule has 0 aliphatic carbocycles. The summed E-state index contributed by atoms with van der Waals surface area (Å²) >= 11 is 0. The standard InChI is InChI=1S/C22H29N2O2.BrH/c1-23(2)22(25)26-21-13-12-19(18-10-6-4-7-11-18)16-20(21)17-24(3)14-8-5-9-15-24;/h4,6-7,10-13,16H,5,8-9,14-15,17H2,1-3H3;1H/q+1;/p-1. The molecule has 1 fully saturated rings. The lowest BCUT2D eigenvalue weighted by atomic mass is 10.0. The first-order valence-electron chi connectivity index (χ1n) is 9.38. The molecule has 4 nitrogen and oxygen atoms in total. The minimum atomic E-state index is -0.333. The number of amides is 1. The normalized spacial score (nSPS) is 15.5. The van der Waals surface area contributed by atoms with Crippen LogP contribution in [0, 0.1) is 0 Å². The molecule has 2 aromatic carbocycles. The Morgan fingerprint density at radius 1 is 1.00 bits per heavy atom. The van der Waals surface area contributed by atoms with Crippen molar-refractivity contribution in [1.82, 2.24) is 4.90 Å². The lowest BCUT2D eigenvalue weighted by Gasteiger charge is -2.38. The topological polar surface area (TPSA) is 29.5 Å². The molecule has 0 saturated carbocycles. The number of benzene rings is 2. The summed E-state index contributed by atoms with van der Waals surface area (Å²) in [6.45, 7) is 3.24. The average molecular weight is 433 g/mol. The van der Waals surface area contributed by atoms with Crippen LogP contribution in [-0.2, 0) is 6.54 Å². The molecular formula is C22H29BrN2O2. The van der Waals surface area contributed by atoms with Gasteiger partial charge in [-0.1, -0.05) is 36.4 Å². The molecule has 2 aromatic rings. The van der Waals surface area contributed by atoms with Crippen LogP contribution in [0.1, 0.15) is 24.8 Å². The second-order valence-corrected chi connectivity index (χ2v) is 7.74. The third-order valence-corrected chi connectivity index (χ3v) is 5.18. The number of carbonyl (C=O) groups excluding carboxylic acids is 1. The maximum absolute atomic E-state index is 12.1. The minimum absolute atomic E-state index is 0. The van der Waals surface area contributed by atoms with Gasteiger partial charge in [-0.2, -0.15) is 0 Å². The van der Waals surface area contributed by atoms with Crippen molar-refractivity contribution in [3.05, 3.63) is 54.1 Å². The van der Waals surface area contributed by atoms with E-state index in [1.165, 1.54) is 42.8 Å². The molecule has 0 spiro atoms. The number of rotatable bonds is 4. The van der Waals surface area contributed by atoms with Gasteiger partial charge in [0.05, 0.1) is 20.1 Å². The number of quaternary nitrogens is 1. The highest BCUT2D eigenvalue weighted by Crippen LogP contribution is 2.31. The molecule has 0 atom stereocenters. The summed E-state index contributed by atoms with van der Waals surface area (Å²) in [4.78, 5) is 13.6. The molecule has 146 valence electrons. The van der Waals surface area contributed by atoms with Crippen LogP contribution in [0.25, 0.3) is 11.1 Å². The van der Waals surface area contributed by atoms with Gasteiger partial charge in [0.25, 0.3) is 0 Å². The van der Waals surface area contributed by atoms with E-state index in [1.807, 2.05) is 30.3 Å². The van der Waals surface area contributed by atoms with Gasteiger partial charge in [-0.15, -0.1) is 0 Å². The lowest BCUT2D eigenvalue weighted by Crippen LogP contribution is -3.00. The van der Waals surface area contributed by atoms with Gasteiger partial charge in [0.15, 0.2) is 0 Å². The summed E-state index contributed by atoms with van der Waals surface area (Å²) < 4.78 is 6.67. The number of hydrogen-bond acceptors (Lipinski definition) is 2. The summed E-state index contributed by atoms with van der Waals surface area (Å²) in [6, 6.07) is 16.5. The zero-order chi connectivity index (χ0) is 18.6. The van der Waals surface area contributed by atoms with Gasteiger partial charge in [-0.05, 0) is 42.5 Å². The van der Waals surface area contributed by atoms with Crippen molar-refractivity contribution in [1.29, 1.82) is 0 Å². The summed E-state index contributed by atoms with van der Waals surface area (Å²) in [5.41, 5.74) is 3.44. The molecule has 1 saturated heterocycles. The molecule has 0 bridgehead atoms. The first kappa shape index (κ1) is 21.5. The third kappa shape index (κ3) is 5.56. The van der Waals surface area contributed by atoms with Crippen LogP contribution >= 0.6 is 0 Å². The monoisotopic (exact) mass is 432 g/mol. The van der Waals surface area contributed by atoms with Crippen LogP contribution in [0.2, 0.25) is 0 Å². The highest BCUT2D eigenvalue weighted by molar-refractivity contribution is 5.72. The van der Waals surface area contributed by atoms with E-state index in [1.54, 1.807) is 14.1 Å². The van der Waals surface area contributed by atoms with E-state index in [0.29, 0.717) is 5.75 Å². The Balaban J connectivity index is 0.00000261. The summed E-state index contributed by atoms with van der Waals surface area (Å²) in [5.74, 6) is 0.674. The van der Waals surface area contributed by atoms with Crippen molar-refractivity contribution in [2.45, 2.75) is 25.8 Å². The molecule has 5 heteroatoms. The van der Waals surface area contributed by atoms with Crippen LogP contribution < -0.4 is 21.7 Å². The van der Waals surface area contributed by atoms with Crippen molar-refractivity contribution >= 4 is 6.09 Å². The SMILES string of the molecule is CN(C)C(=O)Oc1ccc(-c2ccccc2)cc1C[N+]1(C)CCCCC1.[Br-]. The Morgan fingerprint density at radius 2 is 1.67 bits per heavy atom. The van der Waals surface area contributed by atoms with E-state index in [4.69, 9.17) is 4.74 Å². The number of ether oxygens (including phenoxy) is 1. The fraction of sp³-hybridized carbons (Fsp3) is 0.409. The Kier molecular flexibility index (Phi) is 7.45. The zero-order valence-electron chi connectivity index (χ0n) is 16.5. The largest absolute Gasteiger partial charge is 1.00 e. The van der Waals surface area contributed by atoms with E-state index in [9.17, 15) is 4.79 Å². The number of halogens is 1. The van der Waals surface area contributed by atoms with Crippen LogP contribution in [0.5, 0.6) is 5.75 Å². The average Bonchev–Trinajstić information content (AvgIpc) is 2.64. The highest BCUT2D eigenvalue weighted by Gasteiger charge is 2.27. The van der Waals surface area contributed by atoms with Crippen LogP contribution in [0.3, 0.4) is 0 Å². The molecule has 0 N–H and O–H groups in total. The van der Waals surface area contributed by atoms with Gasteiger partial charge in [0.2, 0.25) is 0 Å². The summed E-state index contributed by atoms with van der Waals surface area (Å²) in [5, 5.41) is 0. The van der Waals surface area contributed by atoms with Crippen molar-refractivity contribution in [3.63, 3.8) is 0 Å². The van der Waals surface area contributed by atoms with Crippen molar-refractivity contribution < 1.29 is 31.0 Å². The molecule has 27 heavy (non-hydrogen) atoms. The predicted octanol–water partition coefficient (Wildman–Crippen LogP) is 1.55. The van der Waals surface area contributed by atoms with Crippen molar-refractivity contribution in [2.24, 2.45) is 0 Å². The molecule has 1 aliphatic rings. The molecule has 0 radical (unpaired) electrons. The number of carbonyl (C=O) groups is 1. The third-order valence-electron chi connectivity index (χ3n) is 5.18. The van der Waals surface area contributed by atoms with Crippen molar-refractivity contribution in [3.8, 4) is 16.9 Å². The highest BCUT2D eigenvalue weighted by atomic mass is 79.9. The maximum atomic E-state index is 12.1. The van der Waals surface area contributed by atoms with E-state index in [2.05, 4.69) is 25.2 Å². The van der Waals surface area contributed by atoms with E-state index >= 15 is 0 Å². The summed E-state index contributed by atoms with van der Waals surface area (Å²) in [6.07, 6.45) is 3.52. The van der Waals surface area contributed by atoms with Gasteiger partial charge in [0, 0.05) is 19.7 Å². The molecule has 0 unspecified atom stereocenters. The van der Waals surface area contributed by atoms with Crippen LogP contribution in [-0.4, -0.2) is 49.7 Å². The maximum Gasteiger partial charge on any atom is 0.414 e. The van der Waals surface area contributed by atoms with Crippen LogP contribution in [0.15, 0.2) is 48.5 Å². The molecule has 1 aliphatic heterocycles. The predicted molar refractivity (Wildman–Crippen MR) is 105 cm³/mol. The van der Waals surface area contributed by atoms with Gasteiger partial charge in [0.1, 0.15) is 12.3 Å².